The van der Waals surface area contributed by atoms with Gasteiger partial charge in [-0.05, 0) is 12.1 Å². The molecule has 0 amide bonds. The maximum Gasteiger partial charge on any atom is 0.387 e. The maximum absolute atomic E-state index is 12.0. The zero-order valence-electron chi connectivity index (χ0n) is 7.45. The van der Waals surface area contributed by atoms with Gasteiger partial charge in [0.25, 0.3) is 0 Å². The van der Waals surface area contributed by atoms with Crippen LogP contribution in [0, 0.1) is 0 Å². The molecule has 2 aromatic rings. The topological polar surface area (TPSA) is 27.1 Å². The van der Waals surface area contributed by atoms with Crippen molar-refractivity contribution in [3.63, 3.8) is 0 Å². The summed E-state index contributed by atoms with van der Waals surface area (Å²) >= 11 is 0. The van der Waals surface area contributed by atoms with Crippen LogP contribution < -0.4 is 4.74 Å². The summed E-state index contributed by atoms with van der Waals surface area (Å²) in [6.07, 6.45) is 1.56. The van der Waals surface area contributed by atoms with E-state index in [4.69, 9.17) is 0 Å². The standard InChI is InChI=1S/C9H8F2N2O/c1-13-5-12-8-6(13)3-2-4-7(8)14-9(10)11/h2-5,9H,1H3. The van der Waals surface area contributed by atoms with Gasteiger partial charge in [0, 0.05) is 7.05 Å². The summed E-state index contributed by atoms with van der Waals surface area (Å²) in [5.41, 5.74) is 1.22. The molecule has 0 radical (unpaired) electrons. The van der Waals surface area contributed by atoms with E-state index in [2.05, 4.69) is 9.72 Å². The first-order valence-electron chi connectivity index (χ1n) is 4.03. The van der Waals surface area contributed by atoms with Gasteiger partial charge in [0.15, 0.2) is 5.75 Å². The molecule has 1 heterocycles. The van der Waals surface area contributed by atoms with E-state index in [-0.39, 0.29) is 5.75 Å². The Morgan fingerprint density at radius 2 is 2.21 bits per heavy atom. The molecular formula is C9H8F2N2O. The van der Waals surface area contributed by atoms with Crippen LogP contribution in [0.4, 0.5) is 8.78 Å². The van der Waals surface area contributed by atoms with Crippen LogP contribution in [0.3, 0.4) is 0 Å². The molecule has 0 fully saturated rings. The van der Waals surface area contributed by atoms with Crippen molar-refractivity contribution < 1.29 is 13.5 Å². The first-order valence-corrected chi connectivity index (χ1v) is 4.03. The molecule has 0 spiro atoms. The Balaban J connectivity index is 2.54. The van der Waals surface area contributed by atoms with Crippen molar-refractivity contribution in [2.24, 2.45) is 7.05 Å². The molecular weight excluding hydrogens is 190 g/mol. The van der Waals surface area contributed by atoms with Crippen LogP contribution in [0.1, 0.15) is 0 Å². The lowest BCUT2D eigenvalue weighted by molar-refractivity contribution is -0.0489. The Kier molecular flexibility index (Phi) is 2.07. The van der Waals surface area contributed by atoms with Gasteiger partial charge < -0.3 is 9.30 Å². The first-order chi connectivity index (χ1) is 6.68. The van der Waals surface area contributed by atoms with Crippen molar-refractivity contribution in [2.45, 2.75) is 6.61 Å². The molecule has 0 N–H and O–H groups in total. The van der Waals surface area contributed by atoms with Crippen molar-refractivity contribution in [2.75, 3.05) is 0 Å². The lowest BCUT2D eigenvalue weighted by Gasteiger charge is -2.04. The molecule has 0 unspecified atom stereocenters. The number of hydrogen-bond donors (Lipinski definition) is 0. The minimum absolute atomic E-state index is 0.109. The van der Waals surface area contributed by atoms with Crippen molar-refractivity contribution in [1.82, 2.24) is 9.55 Å². The predicted octanol–water partition coefficient (Wildman–Crippen LogP) is 2.17. The van der Waals surface area contributed by atoms with Gasteiger partial charge in [-0.2, -0.15) is 8.78 Å². The largest absolute Gasteiger partial charge is 0.432 e. The molecule has 1 aromatic carbocycles. The fraction of sp³-hybridized carbons (Fsp3) is 0.222. The summed E-state index contributed by atoms with van der Waals surface area (Å²) in [6.45, 7) is -2.82. The zero-order chi connectivity index (χ0) is 10.1. The number of alkyl halides is 2. The minimum Gasteiger partial charge on any atom is -0.432 e. The molecule has 14 heavy (non-hydrogen) atoms. The number of para-hydroxylation sites is 1. The monoisotopic (exact) mass is 198 g/mol. The second-order valence-corrected chi connectivity index (χ2v) is 2.86. The highest BCUT2D eigenvalue weighted by molar-refractivity contribution is 5.81. The number of fused-ring (bicyclic) bond motifs is 1. The molecule has 0 atom stereocenters. The number of halogens is 2. The molecule has 0 saturated carbocycles. The van der Waals surface area contributed by atoms with Crippen molar-refractivity contribution >= 4 is 11.0 Å². The number of aryl methyl sites for hydroxylation is 1. The van der Waals surface area contributed by atoms with Gasteiger partial charge in [-0.1, -0.05) is 6.07 Å². The Morgan fingerprint density at radius 3 is 2.93 bits per heavy atom. The van der Waals surface area contributed by atoms with E-state index in [1.165, 1.54) is 6.07 Å². The molecule has 5 heteroatoms. The third-order valence-electron chi connectivity index (χ3n) is 1.93. The average molecular weight is 198 g/mol. The maximum atomic E-state index is 12.0. The number of aromatic nitrogens is 2. The van der Waals surface area contributed by atoms with Crippen LogP contribution in [0.5, 0.6) is 5.75 Å². The highest BCUT2D eigenvalue weighted by Gasteiger charge is 2.10. The van der Waals surface area contributed by atoms with Gasteiger partial charge in [0.1, 0.15) is 5.52 Å². The SMILES string of the molecule is Cn1cnc2c(OC(F)F)cccc21. The molecule has 0 aliphatic rings. The van der Waals surface area contributed by atoms with Crippen LogP contribution in [-0.2, 0) is 7.05 Å². The number of ether oxygens (including phenoxy) is 1. The third-order valence-corrected chi connectivity index (χ3v) is 1.93. The number of nitrogens with zero attached hydrogens (tertiary/aromatic N) is 2. The van der Waals surface area contributed by atoms with E-state index >= 15 is 0 Å². The van der Waals surface area contributed by atoms with E-state index < -0.39 is 6.61 Å². The van der Waals surface area contributed by atoms with E-state index in [1.54, 1.807) is 30.1 Å². The Bertz CT molecular complexity index is 453. The summed E-state index contributed by atoms with van der Waals surface area (Å²) < 4.78 is 30.1. The van der Waals surface area contributed by atoms with Gasteiger partial charge in [-0.3, -0.25) is 0 Å². The molecule has 2 rings (SSSR count). The van der Waals surface area contributed by atoms with Crippen LogP contribution in [0.2, 0.25) is 0 Å². The normalized spacial score (nSPS) is 11.1. The lowest BCUT2D eigenvalue weighted by Crippen LogP contribution is -2.02. The van der Waals surface area contributed by atoms with E-state index in [0.29, 0.717) is 5.52 Å². The summed E-state index contributed by atoms with van der Waals surface area (Å²) in [6, 6.07) is 4.92. The highest BCUT2D eigenvalue weighted by atomic mass is 19.3. The first kappa shape index (κ1) is 8.93. The second kappa shape index (κ2) is 3.25. The number of rotatable bonds is 2. The van der Waals surface area contributed by atoms with Crippen LogP contribution >= 0.6 is 0 Å². The minimum atomic E-state index is -2.82. The highest BCUT2D eigenvalue weighted by Crippen LogP contribution is 2.24. The van der Waals surface area contributed by atoms with Crippen molar-refractivity contribution in [3.8, 4) is 5.75 Å². The Labute approximate surface area is 78.9 Å². The molecule has 0 aliphatic heterocycles. The average Bonchev–Trinajstić information content (AvgIpc) is 2.49. The van der Waals surface area contributed by atoms with E-state index in [1.807, 2.05) is 0 Å². The number of hydrogen-bond acceptors (Lipinski definition) is 2. The molecule has 0 aliphatic carbocycles. The van der Waals surface area contributed by atoms with Gasteiger partial charge >= 0.3 is 6.61 Å². The van der Waals surface area contributed by atoms with E-state index in [0.717, 1.165) is 5.52 Å². The van der Waals surface area contributed by atoms with Gasteiger partial charge in [0.05, 0.1) is 11.8 Å². The summed E-state index contributed by atoms with van der Waals surface area (Å²) in [5.74, 6) is 0.109. The molecule has 0 saturated heterocycles. The van der Waals surface area contributed by atoms with Crippen molar-refractivity contribution in [3.05, 3.63) is 24.5 Å². The summed E-state index contributed by atoms with van der Waals surface area (Å²) in [4.78, 5) is 3.98. The fourth-order valence-electron chi connectivity index (χ4n) is 1.32. The molecule has 74 valence electrons. The fourth-order valence-corrected chi connectivity index (χ4v) is 1.32. The third kappa shape index (κ3) is 1.41. The van der Waals surface area contributed by atoms with Gasteiger partial charge in [0.2, 0.25) is 0 Å². The van der Waals surface area contributed by atoms with Crippen LogP contribution in [-0.4, -0.2) is 16.2 Å². The summed E-state index contributed by atoms with van der Waals surface area (Å²) in [7, 11) is 1.79. The predicted molar refractivity (Wildman–Crippen MR) is 47.3 cm³/mol. The zero-order valence-corrected chi connectivity index (χ0v) is 7.45. The molecule has 0 bridgehead atoms. The van der Waals surface area contributed by atoms with Crippen LogP contribution in [0.25, 0.3) is 11.0 Å². The summed E-state index contributed by atoms with van der Waals surface area (Å²) in [5, 5.41) is 0. The second-order valence-electron chi connectivity index (χ2n) is 2.86. The Morgan fingerprint density at radius 1 is 1.43 bits per heavy atom. The van der Waals surface area contributed by atoms with Crippen molar-refractivity contribution in [1.29, 1.82) is 0 Å². The molecule has 3 nitrogen and oxygen atoms in total. The smallest absolute Gasteiger partial charge is 0.387 e. The van der Waals surface area contributed by atoms with Gasteiger partial charge in [-0.25, -0.2) is 4.98 Å². The van der Waals surface area contributed by atoms with E-state index in [9.17, 15) is 8.78 Å². The number of imidazole rings is 1. The quantitative estimate of drug-likeness (QED) is 0.739. The Hall–Kier alpha value is -1.65. The molecule has 1 aromatic heterocycles. The number of benzene rings is 1. The van der Waals surface area contributed by atoms with Gasteiger partial charge in [-0.15, -0.1) is 0 Å². The lowest BCUT2D eigenvalue weighted by atomic mass is 10.3. The van der Waals surface area contributed by atoms with Crippen LogP contribution in [0.15, 0.2) is 24.5 Å².